The molecule has 0 aromatic carbocycles. The summed E-state index contributed by atoms with van der Waals surface area (Å²) < 4.78 is 2.14. The highest BCUT2D eigenvalue weighted by molar-refractivity contribution is 7.08. The fourth-order valence-electron chi connectivity index (χ4n) is 1.78. The summed E-state index contributed by atoms with van der Waals surface area (Å²) in [5.74, 6) is 0. The first-order chi connectivity index (χ1) is 7.36. The summed E-state index contributed by atoms with van der Waals surface area (Å²) in [5.41, 5.74) is 4.64. The predicted molar refractivity (Wildman–Crippen MR) is 63.2 cm³/mol. The Morgan fingerprint density at radius 1 is 1.33 bits per heavy atom. The maximum Gasteiger partial charge on any atom is 0.140 e. The van der Waals surface area contributed by atoms with Gasteiger partial charge in [-0.25, -0.2) is 4.98 Å². The van der Waals surface area contributed by atoms with Crippen LogP contribution in [0.25, 0.3) is 16.9 Å². The molecule has 0 saturated heterocycles. The van der Waals surface area contributed by atoms with Gasteiger partial charge < -0.3 is 0 Å². The van der Waals surface area contributed by atoms with E-state index >= 15 is 0 Å². The number of aromatic nitrogens is 2. The van der Waals surface area contributed by atoms with Gasteiger partial charge in [-0.3, -0.25) is 4.40 Å². The fourth-order valence-corrected chi connectivity index (χ4v) is 2.42. The lowest BCUT2D eigenvalue weighted by molar-refractivity contribution is 1.17. The molecule has 0 N–H and O–H groups in total. The smallest absolute Gasteiger partial charge is 0.140 e. The van der Waals surface area contributed by atoms with Gasteiger partial charge >= 0.3 is 0 Å². The zero-order valence-corrected chi connectivity index (χ0v) is 9.16. The number of pyridine rings is 1. The van der Waals surface area contributed by atoms with Crippen LogP contribution in [0.2, 0.25) is 0 Å². The molecular weight excluding hydrogens is 204 g/mol. The highest BCUT2D eigenvalue weighted by atomic mass is 32.1. The Bertz CT molecular complexity index is 593. The monoisotopic (exact) mass is 214 g/mol. The summed E-state index contributed by atoms with van der Waals surface area (Å²) in [6, 6.07) is 6.26. The van der Waals surface area contributed by atoms with Crippen LogP contribution in [0.4, 0.5) is 0 Å². The minimum Gasteiger partial charge on any atom is -0.299 e. The predicted octanol–water partition coefficient (Wildman–Crippen LogP) is 3.37. The molecule has 3 rings (SSSR count). The fraction of sp³-hybridized carbons (Fsp3) is 0.0833. The highest BCUT2D eigenvalue weighted by Crippen LogP contribution is 2.23. The molecule has 0 aliphatic carbocycles. The molecule has 0 bridgehead atoms. The lowest BCUT2D eigenvalue weighted by atomic mass is 10.2. The van der Waals surface area contributed by atoms with E-state index in [1.165, 1.54) is 11.1 Å². The SMILES string of the molecule is Cc1cccn2c(-c3ccsc3)cnc12. The third-order valence-corrected chi connectivity index (χ3v) is 3.23. The standard InChI is InChI=1S/C12H10N2S/c1-9-3-2-5-14-11(7-13-12(9)14)10-4-6-15-8-10/h2-8H,1H3. The first-order valence-corrected chi connectivity index (χ1v) is 5.76. The van der Waals surface area contributed by atoms with Gasteiger partial charge in [0.25, 0.3) is 0 Å². The van der Waals surface area contributed by atoms with Crippen molar-refractivity contribution >= 4 is 17.0 Å². The first kappa shape index (κ1) is 8.68. The average molecular weight is 214 g/mol. The Hall–Kier alpha value is -1.61. The zero-order valence-electron chi connectivity index (χ0n) is 8.34. The van der Waals surface area contributed by atoms with E-state index in [2.05, 4.69) is 51.5 Å². The van der Waals surface area contributed by atoms with Gasteiger partial charge in [-0.05, 0) is 30.0 Å². The molecule has 0 saturated carbocycles. The van der Waals surface area contributed by atoms with E-state index in [1.54, 1.807) is 11.3 Å². The van der Waals surface area contributed by atoms with E-state index < -0.39 is 0 Å². The minimum atomic E-state index is 1.04. The molecule has 0 atom stereocenters. The second-order valence-corrected chi connectivity index (χ2v) is 4.32. The van der Waals surface area contributed by atoms with Crippen molar-refractivity contribution < 1.29 is 0 Å². The van der Waals surface area contributed by atoms with Gasteiger partial charge in [0.05, 0.1) is 11.9 Å². The van der Waals surface area contributed by atoms with Crippen LogP contribution >= 0.6 is 11.3 Å². The molecule has 0 radical (unpaired) electrons. The van der Waals surface area contributed by atoms with E-state index in [9.17, 15) is 0 Å². The Labute approximate surface area is 91.8 Å². The highest BCUT2D eigenvalue weighted by Gasteiger charge is 2.06. The molecule has 0 aliphatic rings. The van der Waals surface area contributed by atoms with Crippen molar-refractivity contribution in [2.45, 2.75) is 6.92 Å². The van der Waals surface area contributed by atoms with Crippen LogP contribution in [-0.4, -0.2) is 9.38 Å². The molecule has 15 heavy (non-hydrogen) atoms. The van der Waals surface area contributed by atoms with Gasteiger partial charge in [0.15, 0.2) is 0 Å². The Morgan fingerprint density at radius 3 is 3.07 bits per heavy atom. The molecular formula is C12H10N2S. The van der Waals surface area contributed by atoms with Crippen molar-refractivity contribution in [1.82, 2.24) is 9.38 Å². The van der Waals surface area contributed by atoms with Crippen molar-refractivity contribution in [2.75, 3.05) is 0 Å². The molecule has 0 spiro atoms. The summed E-state index contributed by atoms with van der Waals surface area (Å²) in [7, 11) is 0. The maximum atomic E-state index is 4.44. The summed E-state index contributed by atoms with van der Waals surface area (Å²) in [6.45, 7) is 2.08. The Kier molecular flexibility index (Phi) is 1.86. The van der Waals surface area contributed by atoms with Crippen molar-refractivity contribution in [3.63, 3.8) is 0 Å². The number of fused-ring (bicyclic) bond motifs is 1. The molecule has 0 unspecified atom stereocenters. The molecule has 74 valence electrons. The molecule has 0 amide bonds. The molecule has 0 aliphatic heterocycles. The summed E-state index contributed by atoms with van der Waals surface area (Å²) in [4.78, 5) is 4.44. The molecule has 2 nitrogen and oxygen atoms in total. The third-order valence-electron chi connectivity index (χ3n) is 2.55. The topological polar surface area (TPSA) is 17.3 Å². The number of thiophene rings is 1. The van der Waals surface area contributed by atoms with Gasteiger partial charge in [-0.2, -0.15) is 11.3 Å². The number of imidazole rings is 1. The average Bonchev–Trinajstić information content (AvgIpc) is 2.85. The summed E-state index contributed by atoms with van der Waals surface area (Å²) in [5, 5.41) is 4.23. The van der Waals surface area contributed by atoms with Crippen molar-refractivity contribution in [1.29, 1.82) is 0 Å². The summed E-state index contributed by atoms with van der Waals surface area (Å²) in [6.07, 6.45) is 3.99. The quantitative estimate of drug-likeness (QED) is 0.607. The van der Waals surface area contributed by atoms with Crippen LogP contribution in [0.5, 0.6) is 0 Å². The largest absolute Gasteiger partial charge is 0.299 e. The van der Waals surface area contributed by atoms with E-state index in [1.807, 2.05) is 6.20 Å². The van der Waals surface area contributed by atoms with E-state index in [4.69, 9.17) is 0 Å². The van der Waals surface area contributed by atoms with Crippen LogP contribution in [-0.2, 0) is 0 Å². The van der Waals surface area contributed by atoms with Gasteiger partial charge in [-0.15, -0.1) is 0 Å². The van der Waals surface area contributed by atoms with Crippen LogP contribution in [0.3, 0.4) is 0 Å². The number of rotatable bonds is 1. The van der Waals surface area contributed by atoms with Crippen molar-refractivity contribution in [3.8, 4) is 11.3 Å². The Balaban J connectivity index is 2.34. The van der Waals surface area contributed by atoms with Crippen molar-refractivity contribution in [2.24, 2.45) is 0 Å². The molecule has 3 heterocycles. The van der Waals surface area contributed by atoms with E-state index in [0.29, 0.717) is 0 Å². The minimum absolute atomic E-state index is 1.04. The summed E-state index contributed by atoms with van der Waals surface area (Å²) >= 11 is 1.71. The van der Waals surface area contributed by atoms with Crippen molar-refractivity contribution in [3.05, 3.63) is 46.9 Å². The molecule has 3 heteroatoms. The second-order valence-electron chi connectivity index (χ2n) is 3.54. The number of nitrogens with zero attached hydrogens (tertiary/aromatic N) is 2. The Morgan fingerprint density at radius 2 is 2.27 bits per heavy atom. The van der Waals surface area contributed by atoms with E-state index in [-0.39, 0.29) is 0 Å². The number of hydrogen-bond donors (Lipinski definition) is 0. The van der Waals surface area contributed by atoms with Crippen LogP contribution in [0, 0.1) is 6.92 Å². The van der Waals surface area contributed by atoms with Crippen LogP contribution < -0.4 is 0 Å². The molecule has 3 aromatic rings. The molecule has 0 fully saturated rings. The van der Waals surface area contributed by atoms with Gasteiger partial charge in [0.2, 0.25) is 0 Å². The normalized spacial score (nSPS) is 11.0. The number of hydrogen-bond acceptors (Lipinski definition) is 2. The van der Waals surface area contributed by atoms with Gasteiger partial charge in [0.1, 0.15) is 5.65 Å². The number of aryl methyl sites for hydroxylation is 1. The van der Waals surface area contributed by atoms with Crippen LogP contribution in [0.15, 0.2) is 41.4 Å². The zero-order chi connectivity index (χ0) is 10.3. The molecule has 3 aromatic heterocycles. The maximum absolute atomic E-state index is 4.44. The second kappa shape index (κ2) is 3.21. The first-order valence-electron chi connectivity index (χ1n) is 4.81. The van der Waals surface area contributed by atoms with E-state index in [0.717, 1.165) is 11.3 Å². The lowest BCUT2D eigenvalue weighted by Gasteiger charge is -2.00. The van der Waals surface area contributed by atoms with Gasteiger partial charge in [0, 0.05) is 17.1 Å². The van der Waals surface area contributed by atoms with Crippen LogP contribution in [0.1, 0.15) is 5.56 Å². The lowest BCUT2D eigenvalue weighted by Crippen LogP contribution is -1.88. The third kappa shape index (κ3) is 1.27. The van der Waals surface area contributed by atoms with Gasteiger partial charge in [-0.1, -0.05) is 6.07 Å².